The van der Waals surface area contributed by atoms with Crippen molar-refractivity contribution >= 4 is 0 Å². The minimum Gasteiger partial charge on any atom is -0.316 e. The van der Waals surface area contributed by atoms with Crippen LogP contribution in [0.1, 0.15) is 20.3 Å². The zero-order valence-electron chi connectivity index (χ0n) is 9.95. The van der Waals surface area contributed by atoms with Gasteiger partial charge < -0.3 is 5.32 Å². The average molecular weight is 209 g/mol. The Labute approximate surface area is 92.8 Å². The standard InChI is InChI=1S/C12H23N3/c1-9(2)14-7-11-3-12(8-14)15(11)6-10-4-13-5-10/h9-13H,3-8H2,1-2H3. The van der Waals surface area contributed by atoms with Crippen molar-refractivity contribution in [1.29, 1.82) is 0 Å². The van der Waals surface area contributed by atoms with Crippen LogP contribution in [0.15, 0.2) is 0 Å². The van der Waals surface area contributed by atoms with E-state index in [-0.39, 0.29) is 0 Å². The molecule has 0 aromatic rings. The van der Waals surface area contributed by atoms with Gasteiger partial charge in [-0.3, -0.25) is 9.80 Å². The molecule has 0 aromatic heterocycles. The quantitative estimate of drug-likeness (QED) is 0.724. The zero-order valence-corrected chi connectivity index (χ0v) is 9.95. The summed E-state index contributed by atoms with van der Waals surface area (Å²) >= 11 is 0. The molecular formula is C12H23N3. The molecule has 2 bridgehead atoms. The second-order valence-corrected chi connectivity index (χ2v) is 5.81. The van der Waals surface area contributed by atoms with E-state index >= 15 is 0 Å². The Bertz CT molecular complexity index is 225. The van der Waals surface area contributed by atoms with Crippen molar-refractivity contribution < 1.29 is 0 Å². The fraction of sp³-hybridized carbons (Fsp3) is 1.00. The van der Waals surface area contributed by atoms with Gasteiger partial charge in [-0.05, 0) is 26.2 Å². The number of nitrogens with one attached hydrogen (secondary N) is 1. The van der Waals surface area contributed by atoms with E-state index in [1.165, 1.54) is 39.1 Å². The number of rotatable bonds is 3. The molecule has 3 nitrogen and oxygen atoms in total. The maximum Gasteiger partial charge on any atom is 0.0242 e. The topological polar surface area (TPSA) is 18.5 Å². The minimum atomic E-state index is 0.739. The Morgan fingerprint density at radius 1 is 1.20 bits per heavy atom. The highest BCUT2D eigenvalue weighted by Gasteiger charge is 2.45. The highest BCUT2D eigenvalue weighted by molar-refractivity contribution is 5.02. The lowest BCUT2D eigenvalue weighted by Gasteiger charge is -2.58. The van der Waals surface area contributed by atoms with Crippen molar-refractivity contribution in [3.8, 4) is 0 Å². The number of piperazine rings is 1. The first-order valence-corrected chi connectivity index (χ1v) is 6.44. The van der Waals surface area contributed by atoms with Crippen LogP contribution in [0, 0.1) is 5.92 Å². The maximum atomic E-state index is 3.37. The average Bonchev–Trinajstić information content (AvgIpc) is 2.15. The second-order valence-electron chi connectivity index (χ2n) is 5.81. The molecular weight excluding hydrogens is 186 g/mol. The number of fused-ring (bicyclic) bond motifs is 2. The van der Waals surface area contributed by atoms with Gasteiger partial charge in [-0.2, -0.15) is 0 Å². The third kappa shape index (κ3) is 1.71. The summed E-state index contributed by atoms with van der Waals surface area (Å²) in [7, 11) is 0. The highest BCUT2D eigenvalue weighted by atomic mass is 15.4. The van der Waals surface area contributed by atoms with Crippen LogP contribution < -0.4 is 5.32 Å². The van der Waals surface area contributed by atoms with Gasteiger partial charge in [-0.15, -0.1) is 0 Å². The van der Waals surface area contributed by atoms with E-state index in [1.807, 2.05) is 0 Å². The van der Waals surface area contributed by atoms with Crippen LogP contribution in [0.3, 0.4) is 0 Å². The van der Waals surface area contributed by atoms with E-state index in [4.69, 9.17) is 0 Å². The molecule has 4 aliphatic heterocycles. The van der Waals surface area contributed by atoms with E-state index in [2.05, 4.69) is 29.0 Å². The van der Waals surface area contributed by atoms with Crippen LogP contribution >= 0.6 is 0 Å². The SMILES string of the molecule is CC(C)N1CC2CC(C1)N2CC1CNC1. The number of nitrogens with zero attached hydrogens (tertiary/aromatic N) is 2. The summed E-state index contributed by atoms with van der Waals surface area (Å²) in [6.45, 7) is 11.1. The van der Waals surface area contributed by atoms with Gasteiger partial charge >= 0.3 is 0 Å². The van der Waals surface area contributed by atoms with Crippen molar-refractivity contribution in [2.45, 2.75) is 38.4 Å². The maximum absolute atomic E-state index is 3.37. The predicted octanol–water partition coefficient (Wildman–Crippen LogP) is 0.373. The van der Waals surface area contributed by atoms with E-state index < -0.39 is 0 Å². The Morgan fingerprint density at radius 3 is 2.33 bits per heavy atom. The number of piperidine rings is 1. The summed E-state index contributed by atoms with van der Waals surface area (Å²) in [5, 5.41) is 3.37. The monoisotopic (exact) mass is 209 g/mol. The van der Waals surface area contributed by atoms with Crippen LogP contribution in [-0.4, -0.2) is 60.6 Å². The zero-order chi connectivity index (χ0) is 10.4. The van der Waals surface area contributed by atoms with Crippen LogP contribution in [0.25, 0.3) is 0 Å². The van der Waals surface area contributed by atoms with Gasteiger partial charge in [-0.1, -0.05) is 0 Å². The van der Waals surface area contributed by atoms with Crippen LogP contribution in [-0.2, 0) is 0 Å². The summed E-state index contributed by atoms with van der Waals surface area (Å²) in [4.78, 5) is 5.42. The molecule has 4 fully saturated rings. The molecule has 1 N–H and O–H groups in total. The molecule has 4 saturated heterocycles. The van der Waals surface area contributed by atoms with E-state index in [1.54, 1.807) is 0 Å². The van der Waals surface area contributed by atoms with E-state index in [9.17, 15) is 0 Å². The lowest BCUT2D eigenvalue weighted by molar-refractivity contribution is -0.0881. The molecule has 0 radical (unpaired) electrons. The second kappa shape index (κ2) is 3.72. The summed E-state index contributed by atoms with van der Waals surface area (Å²) in [5.74, 6) is 0.945. The number of hydrogen-bond donors (Lipinski definition) is 1. The van der Waals surface area contributed by atoms with Crippen molar-refractivity contribution in [2.24, 2.45) is 5.92 Å². The lowest BCUT2D eigenvalue weighted by atomic mass is 9.85. The van der Waals surface area contributed by atoms with E-state index in [0.717, 1.165) is 24.0 Å². The Kier molecular flexibility index (Phi) is 2.49. The summed E-state index contributed by atoms with van der Waals surface area (Å²) in [6, 6.07) is 2.50. The molecule has 4 heterocycles. The third-order valence-electron chi connectivity index (χ3n) is 4.44. The molecule has 0 aromatic carbocycles. The number of hydrogen-bond acceptors (Lipinski definition) is 3. The largest absolute Gasteiger partial charge is 0.316 e. The minimum absolute atomic E-state index is 0.739. The van der Waals surface area contributed by atoms with Gasteiger partial charge in [-0.25, -0.2) is 0 Å². The van der Waals surface area contributed by atoms with Gasteiger partial charge in [0.15, 0.2) is 0 Å². The summed E-state index contributed by atoms with van der Waals surface area (Å²) in [5.41, 5.74) is 0. The fourth-order valence-corrected chi connectivity index (χ4v) is 3.22. The molecule has 0 saturated carbocycles. The molecule has 0 aliphatic carbocycles. The van der Waals surface area contributed by atoms with Crippen molar-refractivity contribution in [2.75, 3.05) is 32.7 Å². The smallest absolute Gasteiger partial charge is 0.0242 e. The van der Waals surface area contributed by atoms with Crippen molar-refractivity contribution in [3.63, 3.8) is 0 Å². The van der Waals surface area contributed by atoms with Gasteiger partial charge in [0.2, 0.25) is 0 Å². The van der Waals surface area contributed by atoms with Crippen molar-refractivity contribution in [1.82, 2.24) is 15.1 Å². The fourth-order valence-electron chi connectivity index (χ4n) is 3.22. The normalized spacial score (nSPS) is 37.8. The predicted molar refractivity (Wildman–Crippen MR) is 62.0 cm³/mol. The Balaban J connectivity index is 1.53. The van der Waals surface area contributed by atoms with Crippen LogP contribution in [0.2, 0.25) is 0 Å². The summed E-state index contributed by atoms with van der Waals surface area (Å²) in [6.07, 6.45) is 1.46. The van der Waals surface area contributed by atoms with Crippen LogP contribution in [0.4, 0.5) is 0 Å². The van der Waals surface area contributed by atoms with Gasteiger partial charge in [0.25, 0.3) is 0 Å². The van der Waals surface area contributed by atoms with Crippen molar-refractivity contribution in [3.05, 3.63) is 0 Å². The Hall–Kier alpha value is -0.120. The molecule has 4 rings (SSSR count). The van der Waals surface area contributed by atoms with Crippen LogP contribution in [0.5, 0.6) is 0 Å². The molecule has 2 unspecified atom stereocenters. The first-order chi connectivity index (χ1) is 7.24. The molecule has 2 atom stereocenters. The molecule has 3 heteroatoms. The highest BCUT2D eigenvalue weighted by Crippen LogP contribution is 2.33. The third-order valence-corrected chi connectivity index (χ3v) is 4.44. The molecule has 0 spiro atoms. The van der Waals surface area contributed by atoms with Gasteiger partial charge in [0.05, 0.1) is 0 Å². The molecule has 15 heavy (non-hydrogen) atoms. The van der Waals surface area contributed by atoms with Gasteiger partial charge in [0.1, 0.15) is 0 Å². The van der Waals surface area contributed by atoms with E-state index in [0.29, 0.717) is 0 Å². The first-order valence-electron chi connectivity index (χ1n) is 6.44. The molecule has 4 aliphatic rings. The Morgan fingerprint density at radius 2 is 1.87 bits per heavy atom. The van der Waals surface area contributed by atoms with Gasteiger partial charge in [0, 0.05) is 50.8 Å². The lowest BCUT2D eigenvalue weighted by Crippen LogP contribution is -2.71. The molecule has 86 valence electrons. The first kappa shape index (κ1) is 10.1. The summed E-state index contributed by atoms with van der Waals surface area (Å²) < 4.78 is 0. The molecule has 0 amide bonds.